The lowest BCUT2D eigenvalue weighted by molar-refractivity contribution is -0.137. The Hall–Kier alpha value is -2.35. The van der Waals surface area contributed by atoms with Crippen LogP contribution >= 0.6 is 0 Å². The lowest BCUT2D eigenvalue weighted by Crippen LogP contribution is -2.12. The summed E-state index contributed by atoms with van der Waals surface area (Å²) in [7, 11) is 0. The van der Waals surface area contributed by atoms with Gasteiger partial charge >= 0.3 is 6.18 Å². The van der Waals surface area contributed by atoms with Gasteiger partial charge in [-0.25, -0.2) is 5.84 Å². The first-order valence-electron chi connectivity index (χ1n) is 5.55. The highest BCUT2D eigenvalue weighted by Crippen LogP contribution is 2.33. The van der Waals surface area contributed by atoms with Crippen LogP contribution in [-0.4, -0.2) is 9.97 Å². The molecule has 0 unspecified atom stereocenters. The Labute approximate surface area is 112 Å². The number of pyridine rings is 2. The van der Waals surface area contributed by atoms with Crippen molar-refractivity contribution >= 4 is 5.82 Å². The van der Waals surface area contributed by atoms with Gasteiger partial charge in [0.05, 0.1) is 11.8 Å². The number of nitrogens with one attached hydrogen (secondary N) is 1. The zero-order valence-electron chi connectivity index (χ0n) is 10.4. The number of ether oxygens (including phenoxy) is 1. The highest BCUT2D eigenvalue weighted by Gasteiger charge is 2.32. The summed E-state index contributed by atoms with van der Waals surface area (Å²) in [6.07, 6.45) is -3.12. The Morgan fingerprint density at radius 1 is 1.25 bits per heavy atom. The van der Waals surface area contributed by atoms with Gasteiger partial charge in [-0.1, -0.05) is 0 Å². The number of aryl methyl sites for hydroxylation is 1. The molecule has 0 aromatic carbocycles. The van der Waals surface area contributed by atoms with E-state index in [1.54, 1.807) is 19.1 Å². The van der Waals surface area contributed by atoms with Crippen LogP contribution in [0.5, 0.6) is 11.6 Å². The van der Waals surface area contributed by atoms with Crippen molar-refractivity contribution in [2.24, 2.45) is 5.84 Å². The molecule has 2 aromatic rings. The molecule has 0 fully saturated rings. The van der Waals surface area contributed by atoms with Crippen LogP contribution in [0, 0.1) is 6.92 Å². The third kappa shape index (κ3) is 3.35. The topological polar surface area (TPSA) is 73.1 Å². The summed E-state index contributed by atoms with van der Waals surface area (Å²) in [6, 6.07) is 4.84. The van der Waals surface area contributed by atoms with E-state index in [1.165, 1.54) is 6.20 Å². The van der Waals surface area contributed by atoms with Gasteiger partial charge in [-0.2, -0.15) is 18.2 Å². The van der Waals surface area contributed by atoms with Gasteiger partial charge in [0, 0.05) is 11.8 Å². The number of halogens is 3. The maximum atomic E-state index is 12.7. The molecule has 2 aromatic heterocycles. The van der Waals surface area contributed by atoms with Gasteiger partial charge in [-0.3, -0.25) is 4.98 Å². The standard InChI is InChI=1S/C12H11F3N4O/c1-7-2-3-9(6-17-7)20-11-5-8(12(13,14)15)4-10(18-11)19-16/h2-6H,16H2,1H3,(H,18,19). The predicted octanol–water partition coefficient (Wildman–Crippen LogP) is 2.88. The predicted molar refractivity (Wildman–Crippen MR) is 66.1 cm³/mol. The monoisotopic (exact) mass is 284 g/mol. The summed E-state index contributed by atoms with van der Waals surface area (Å²) in [5.74, 6) is 5.01. The van der Waals surface area contributed by atoms with Gasteiger partial charge in [-0.05, 0) is 25.1 Å². The Kier molecular flexibility index (Phi) is 3.75. The first-order valence-corrected chi connectivity index (χ1v) is 5.55. The van der Waals surface area contributed by atoms with Crippen LogP contribution in [0.25, 0.3) is 0 Å². The van der Waals surface area contributed by atoms with E-state index in [4.69, 9.17) is 10.6 Å². The van der Waals surface area contributed by atoms with Crippen LogP contribution in [0.1, 0.15) is 11.3 Å². The van der Waals surface area contributed by atoms with E-state index in [-0.39, 0.29) is 17.4 Å². The number of nitrogen functional groups attached to an aromatic ring is 1. The highest BCUT2D eigenvalue weighted by molar-refractivity contribution is 5.42. The summed E-state index contributed by atoms with van der Waals surface area (Å²) < 4.78 is 43.4. The molecule has 5 nitrogen and oxygen atoms in total. The number of aromatic nitrogens is 2. The molecule has 3 N–H and O–H groups in total. The van der Waals surface area contributed by atoms with Gasteiger partial charge < -0.3 is 10.2 Å². The molecular weight excluding hydrogens is 273 g/mol. The molecular formula is C12H11F3N4O. The molecule has 0 saturated heterocycles. The van der Waals surface area contributed by atoms with Gasteiger partial charge in [0.15, 0.2) is 0 Å². The number of hydrogen-bond donors (Lipinski definition) is 2. The highest BCUT2D eigenvalue weighted by atomic mass is 19.4. The molecule has 2 rings (SSSR count). The molecule has 0 aliphatic heterocycles. The van der Waals surface area contributed by atoms with Crippen molar-refractivity contribution in [1.29, 1.82) is 0 Å². The smallest absolute Gasteiger partial charge is 0.416 e. The Morgan fingerprint density at radius 2 is 2.00 bits per heavy atom. The minimum atomic E-state index is -4.52. The largest absolute Gasteiger partial charge is 0.437 e. The Bertz CT molecular complexity index is 599. The number of nitrogens with zero attached hydrogens (tertiary/aromatic N) is 2. The second kappa shape index (κ2) is 5.33. The molecule has 0 spiro atoms. The zero-order valence-corrected chi connectivity index (χ0v) is 10.4. The molecule has 8 heteroatoms. The maximum absolute atomic E-state index is 12.7. The van der Waals surface area contributed by atoms with Crippen molar-refractivity contribution in [2.45, 2.75) is 13.1 Å². The van der Waals surface area contributed by atoms with Crippen molar-refractivity contribution in [3.8, 4) is 11.6 Å². The summed E-state index contributed by atoms with van der Waals surface area (Å²) >= 11 is 0. The van der Waals surface area contributed by atoms with Crippen molar-refractivity contribution in [3.05, 3.63) is 41.7 Å². The molecule has 0 bridgehead atoms. The molecule has 2 heterocycles. The van der Waals surface area contributed by atoms with E-state index in [0.717, 1.165) is 17.8 Å². The van der Waals surface area contributed by atoms with Crippen LogP contribution in [0.3, 0.4) is 0 Å². The van der Waals surface area contributed by atoms with Gasteiger partial charge in [-0.15, -0.1) is 0 Å². The molecule has 0 aliphatic rings. The van der Waals surface area contributed by atoms with E-state index in [1.807, 2.05) is 0 Å². The van der Waals surface area contributed by atoms with Crippen molar-refractivity contribution in [1.82, 2.24) is 9.97 Å². The van der Waals surface area contributed by atoms with Gasteiger partial charge in [0.25, 0.3) is 0 Å². The SMILES string of the molecule is Cc1ccc(Oc2cc(C(F)(F)F)cc(NN)n2)cn1. The first-order chi connectivity index (χ1) is 9.38. The molecule has 0 atom stereocenters. The number of hydrogen-bond acceptors (Lipinski definition) is 5. The van der Waals surface area contributed by atoms with Crippen LogP contribution in [0.4, 0.5) is 19.0 Å². The van der Waals surface area contributed by atoms with E-state index < -0.39 is 11.7 Å². The van der Waals surface area contributed by atoms with E-state index in [2.05, 4.69) is 15.4 Å². The minimum absolute atomic E-state index is 0.144. The fraction of sp³-hybridized carbons (Fsp3) is 0.167. The third-order valence-electron chi connectivity index (χ3n) is 2.38. The molecule has 20 heavy (non-hydrogen) atoms. The maximum Gasteiger partial charge on any atom is 0.416 e. The Morgan fingerprint density at radius 3 is 2.55 bits per heavy atom. The Balaban J connectivity index is 2.33. The third-order valence-corrected chi connectivity index (χ3v) is 2.38. The van der Waals surface area contributed by atoms with Crippen molar-refractivity contribution in [3.63, 3.8) is 0 Å². The summed E-state index contributed by atoms with van der Waals surface area (Å²) in [6.45, 7) is 1.78. The minimum Gasteiger partial charge on any atom is -0.437 e. The van der Waals surface area contributed by atoms with Crippen molar-refractivity contribution < 1.29 is 17.9 Å². The molecule has 0 aliphatic carbocycles. The summed E-state index contributed by atoms with van der Waals surface area (Å²) in [4.78, 5) is 7.77. The molecule has 0 saturated carbocycles. The summed E-state index contributed by atoms with van der Waals surface area (Å²) in [5.41, 5.74) is 1.92. The summed E-state index contributed by atoms with van der Waals surface area (Å²) in [5, 5.41) is 0. The van der Waals surface area contributed by atoms with Crippen molar-refractivity contribution in [2.75, 3.05) is 5.43 Å². The molecule has 106 valence electrons. The zero-order chi connectivity index (χ0) is 14.8. The van der Waals surface area contributed by atoms with Gasteiger partial charge in [0.2, 0.25) is 5.88 Å². The first kappa shape index (κ1) is 14.1. The van der Waals surface area contributed by atoms with Crippen LogP contribution in [0.15, 0.2) is 30.5 Å². The second-order valence-corrected chi connectivity index (χ2v) is 3.96. The number of nitrogens with two attached hydrogens (primary N) is 1. The van der Waals surface area contributed by atoms with E-state index in [0.29, 0.717) is 0 Å². The van der Waals surface area contributed by atoms with Gasteiger partial charge in [0.1, 0.15) is 11.6 Å². The lowest BCUT2D eigenvalue weighted by atomic mass is 10.2. The average Bonchev–Trinajstić information content (AvgIpc) is 2.40. The van der Waals surface area contributed by atoms with Crippen LogP contribution in [-0.2, 0) is 6.18 Å². The lowest BCUT2D eigenvalue weighted by Gasteiger charge is -2.11. The van der Waals surface area contributed by atoms with Crippen LogP contribution < -0.4 is 16.0 Å². The van der Waals surface area contributed by atoms with E-state index in [9.17, 15) is 13.2 Å². The van der Waals surface area contributed by atoms with Crippen LogP contribution in [0.2, 0.25) is 0 Å². The normalized spacial score (nSPS) is 11.2. The second-order valence-electron chi connectivity index (χ2n) is 3.96. The quantitative estimate of drug-likeness (QED) is 0.669. The molecule has 0 radical (unpaired) electrons. The molecule has 0 amide bonds. The average molecular weight is 284 g/mol. The fourth-order valence-electron chi connectivity index (χ4n) is 1.43. The number of anilines is 1. The van der Waals surface area contributed by atoms with E-state index >= 15 is 0 Å². The number of rotatable bonds is 3. The number of hydrazine groups is 1. The number of alkyl halides is 3. The fourth-order valence-corrected chi connectivity index (χ4v) is 1.43.